The summed E-state index contributed by atoms with van der Waals surface area (Å²) in [6, 6.07) is 8.15. The van der Waals surface area contributed by atoms with Gasteiger partial charge in [0.25, 0.3) is 0 Å². The van der Waals surface area contributed by atoms with E-state index < -0.39 is 12.1 Å². The Hall–Kier alpha value is -2.35. The third-order valence-electron chi connectivity index (χ3n) is 4.14. The Morgan fingerprint density at radius 1 is 1.19 bits per heavy atom. The molecule has 1 aromatic carbocycles. The molecule has 0 bridgehead atoms. The van der Waals surface area contributed by atoms with Gasteiger partial charge < -0.3 is 15.6 Å². The van der Waals surface area contributed by atoms with E-state index in [9.17, 15) is 18.0 Å². The number of quaternary nitrogens is 1. The minimum atomic E-state index is -5.19. The van der Waals surface area contributed by atoms with Gasteiger partial charge in [0, 0.05) is 23.4 Å². The van der Waals surface area contributed by atoms with Crippen LogP contribution in [0.1, 0.15) is 44.0 Å². The number of hydrogen-bond acceptors (Lipinski definition) is 3. The molecule has 0 atom stereocenters. The molecule has 0 unspecified atom stereocenters. The smallest absolute Gasteiger partial charge is 0.430 e. The number of rotatable bonds is 5. The van der Waals surface area contributed by atoms with Crippen molar-refractivity contribution in [3.8, 4) is 0 Å². The van der Waals surface area contributed by atoms with Gasteiger partial charge in [-0.15, -0.1) is 0 Å². The Balaban J connectivity index is 0.000000445. The fourth-order valence-corrected chi connectivity index (χ4v) is 2.87. The minimum Gasteiger partial charge on any atom is -0.542 e. The number of hydrogen-bond donors (Lipinski definition) is 1. The maximum atomic E-state index is 12.8. The van der Waals surface area contributed by atoms with Crippen molar-refractivity contribution >= 4 is 22.8 Å². The first-order chi connectivity index (χ1) is 12.5. The fourth-order valence-electron chi connectivity index (χ4n) is 2.87. The Morgan fingerprint density at radius 2 is 1.74 bits per heavy atom. The van der Waals surface area contributed by atoms with Gasteiger partial charge in [0.1, 0.15) is 5.97 Å². The van der Waals surface area contributed by atoms with Crippen molar-refractivity contribution in [3.63, 3.8) is 0 Å². The van der Waals surface area contributed by atoms with Gasteiger partial charge in [-0.3, -0.25) is 9.36 Å². The van der Waals surface area contributed by atoms with E-state index in [1.165, 1.54) is 10.9 Å². The lowest BCUT2D eigenvalue weighted by Crippen LogP contribution is -2.51. The summed E-state index contributed by atoms with van der Waals surface area (Å²) in [7, 11) is 0. The molecule has 150 valence electrons. The summed E-state index contributed by atoms with van der Waals surface area (Å²) < 4.78 is 33.4. The summed E-state index contributed by atoms with van der Waals surface area (Å²) in [4.78, 5) is 21.6. The van der Waals surface area contributed by atoms with E-state index in [0.29, 0.717) is 0 Å². The Morgan fingerprint density at radius 3 is 2.22 bits per heavy atom. The molecule has 0 aliphatic heterocycles. The number of halogens is 3. The lowest BCUT2D eigenvalue weighted by atomic mass is 9.87. The standard InChI is InChI=1S/C17H24N2O.C2HF3O2/c1-4-10-17(2,3)16(20)19-12-13(9-11-18)14-7-5-6-8-15(14)19;3-2(4,5)1(6)7/h5-8,12H,4,9-11,18H2,1-3H3;(H,6,7). The van der Waals surface area contributed by atoms with Crippen LogP contribution in [0.5, 0.6) is 0 Å². The van der Waals surface area contributed by atoms with Crippen LogP contribution in [0.25, 0.3) is 10.9 Å². The number of carboxylic acids is 1. The number of fused-ring (bicyclic) bond motifs is 1. The molecule has 0 spiro atoms. The number of carbonyl (C=O) groups excluding carboxylic acids is 2. The predicted molar refractivity (Wildman–Crippen MR) is 93.8 cm³/mol. The molecule has 2 rings (SSSR count). The zero-order valence-electron chi connectivity index (χ0n) is 15.7. The normalized spacial score (nSPS) is 11.8. The zero-order valence-corrected chi connectivity index (χ0v) is 15.7. The van der Waals surface area contributed by atoms with E-state index in [1.54, 1.807) is 0 Å². The van der Waals surface area contributed by atoms with Crippen LogP contribution in [-0.4, -0.2) is 29.2 Å². The van der Waals surface area contributed by atoms with E-state index in [-0.39, 0.29) is 11.3 Å². The van der Waals surface area contributed by atoms with Crippen molar-refractivity contribution < 1.29 is 33.6 Å². The van der Waals surface area contributed by atoms with E-state index >= 15 is 0 Å². The summed E-state index contributed by atoms with van der Waals surface area (Å²) >= 11 is 0. The van der Waals surface area contributed by atoms with Gasteiger partial charge in [0.2, 0.25) is 5.91 Å². The van der Waals surface area contributed by atoms with Gasteiger partial charge in [0.15, 0.2) is 0 Å². The number of para-hydroxylation sites is 1. The minimum absolute atomic E-state index is 0.186. The summed E-state index contributed by atoms with van der Waals surface area (Å²) in [5, 5.41) is 9.96. The third-order valence-corrected chi connectivity index (χ3v) is 4.14. The highest BCUT2D eigenvalue weighted by Gasteiger charge is 2.29. The first-order valence-corrected chi connectivity index (χ1v) is 8.66. The molecule has 1 aromatic heterocycles. The third kappa shape index (κ3) is 5.82. The maximum absolute atomic E-state index is 12.8. The molecular weight excluding hydrogens is 361 g/mol. The summed E-state index contributed by atoms with van der Waals surface area (Å²) in [5.74, 6) is -2.82. The monoisotopic (exact) mass is 386 g/mol. The van der Waals surface area contributed by atoms with Gasteiger partial charge in [-0.1, -0.05) is 45.4 Å². The van der Waals surface area contributed by atoms with Crippen molar-refractivity contribution in [3.05, 3.63) is 36.0 Å². The van der Waals surface area contributed by atoms with Gasteiger partial charge >= 0.3 is 6.18 Å². The van der Waals surface area contributed by atoms with Crippen LogP contribution in [-0.2, 0) is 11.2 Å². The first-order valence-electron chi connectivity index (χ1n) is 8.66. The van der Waals surface area contributed by atoms with Gasteiger partial charge in [-0.05, 0) is 18.1 Å². The van der Waals surface area contributed by atoms with E-state index in [0.717, 1.165) is 31.3 Å². The number of alkyl halides is 3. The summed E-state index contributed by atoms with van der Waals surface area (Å²) in [6.45, 7) is 7.04. The molecular formula is C19H25F3N2O3. The Kier molecular flexibility index (Phi) is 7.59. The molecule has 0 saturated heterocycles. The van der Waals surface area contributed by atoms with E-state index in [2.05, 4.69) is 18.7 Å². The largest absolute Gasteiger partial charge is 0.542 e. The topological polar surface area (TPSA) is 89.8 Å². The SMILES string of the molecule is CCCC(C)(C)C(=O)n1cc(CC[NH3+])c2ccccc21.O=C([O-])C(F)(F)F. The second kappa shape index (κ2) is 9.03. The quantitative estimate of drug-likeness (QED) is 0.854. The maximum Gasteiger partial charge on any atom is 0.430 e. The lowest BCUT2D eigenvalue weighted by molar-refractivity contribution is -0.366. The van der Waals surface area contributed by atoms with Crippen molar-refractivity contribution in [2.24, 2.45) is 5.41 Å². The number of benzene rings is 1. The van der Waals surface area contributed by atoms with Crippen LogP contribution in [0.3, 0.4) is 0 Å². The Bertz CT molecular complexity index is 795. The van der Waals surface area contributed by atoms with Crippen molar-refractivity contribution in [2.75, 3.05) is 6.54 Å². The molecule has 0 amide bonds. The highest BCUT2D eigenvalue weighted by Crippen LogP contribution is 2.29. The zero-order chi connectivity index (χ0) is 20.8. The summed E-state index contributed by atoms with van der Waals surface area (Å²) in [5.41, 5.74) is 5.84. The van der Waals surface area contributed by atoms with Gasteiger partial charge in [0.05, 0.1) is 12.1 Å². The highest BCUT2D eigenvalue weighted by molar-refractivity contribution is 5.96. The molecule has 0 radical (unpaired) electrons. The highest BCUT2D eigenvalue weighted by atomic mass is 19.4. The van der Waals surface area contributed by atoms with Gasteiger partial charge in [-0.25, -0.2) is 0 Å². The van der Waals surface area contributed by atoms with Crippen LogP contribution >= 0.6 is 0 Å². The Labute approximate surface area is 156 Å². The van der Waals surface area contributed by atoms with E-state index in [1.807, 2.05) is 42.8 Å². The van der Waals surface area contributed by atoms with Crippen LogP contribution in [0.2, 0.25) is 0 Å². The second-order valence-electron chi connectivity index (χ2n) is 6.87. The molecule has 5 nitrogen and oxygen atoms in total. The number of carbonyl (C=O) groups is 2. The van der Waals surface area contributed by atoms with E-state index in [4.69, 9.17) is 9.90 Å². The molecule has 3 N–H and O–H groups in total. The number of aliphatic carboxylic acids is 1. The predicted octanol–water partition coefficient (Wildman–Crippen LogP) is 2.19. The van der Waals surface area contributed by atoms with Crippen LogP contribution in [0.15, 0.2) is 30.5 Å². The molecule has 0 fully saturated rings. The van der Waals surface area contributed by atoms with Crippen LogP contribution in [0, 0.1) is 5.41 Å². The number of carboxylic acid groups (broad SMARTS) is 1. The number of aromatic nitrogens is 1. The molecule has 0 aliphatic rings. The van der Waals surface area contributed by atoms with Crippen molar-refractivity contribution in [2.45, 2.75) is 46.2 Å². The molecule has 1 heterocycles. The molecule has 2 aromatic rings. The average molecular weight is 386 g/mol. The fraction of sp³-hybridized carbons (Fsp3) is 0.474. The molecule has 8 heteroatoms. The average Bonchev–Trinajstić information content (AvgIpc) is 2.93. The molecule has 0 saturated carbocycles. The first kappa shape index (κ1) is 22.7. The van der Waals surface area contributed by atoms with Crippen molar-refractivity contribution in [1.29, 1.82) is 0 Å². The second-order valence-corrected chi connectivity index (χ2v) is 6.87. The van der Waals surface area contributed by atoms with Gasteiger partial charge in [-0.2, -0.15) is 13.2 Å². The molecule has 27 heavy (non-hydrogen) atoms. The molecule has 0 aliphatic carbocycles. The van der Waals surface area contributed by atoms with Crippen molar-refractivity contribution in [1.82, 2.24) is 4.57 Å². The number of nitrogens with zero attached hydrogens (tertiary/aromatic N) is 1. The summed E-state index contributed by atoms with van der Waals surface area (Å²) in [6.07, 6.45) is -0.350. The van der Waals surface area contributed by atoms with Crippen LogP contribution in [0.4, 0.5) is 13.2 Å². The van der Waals surface area contributed by atoms with Crippen LogP contribution < -0.4 is 10.8 Å². The lowest BCUT2D eigenvalue weighted by Gasteiger charge is -2.23.